The number of aldehydes is 1. The third-order valence-electron chi connectivity index (χ3n) is 1.06. The minimum atomic E-state index is -0.380. The SMILES string of the molecule is CC(=O)C(C)=O.CC(C)CC=O. The summed E-state index contributed by atoms with van der Waals surface area (Å²) in [6.45, 7) is 6.55. The Balaban J connectivity index is 0. The molecule has 0 atom stereocenters. The molecule has 0 N–H and O–H groups in total. The average Bonchev–Trinajstić information content (AvgIpc) is 1.87. The smallest absolute Gasteiger partial charge is 0.195 e. The highest BCUT2D eigenvalue weighted by atomic mass is 16.2. The van der Waals surface area contributed by atoms with Gasteiger partial charge in [-0.15, -0.1) is 0 Å². The summed E-state index contributed by atoms with van der Waals surface area (Å²) >= 11 is 0. The lowest BCUT2D eigenvalue weighted by Crippen LogP contribution is -2.01. The Bertz CT molecular complexity index is 147. The standard InChI is InChI=1S/C5H10O.C4H6O2/c1-5(2)3-4-6;1-3(5)4(2)6/h4-5H,3H2,1-2H3;1-2H3. The molecular weight excluding hydrogens is 156 g/mol. The molecule has 0 aromatic rings. The molecule has 0 aliphatic heterocycles. The summed E-state index contributed by atoms with van der Waals surface area (Å²) in [6, 6.07) is 0. The number of hydrogen-bond acceptors (Lipinski definition) is 3. The van der Waals surface area contributed by atoms with Crippen LogP contribution in [0.5, 0.6) is 0 Å². The lowest BCUT2D eigenvalue weighted by Gasteiger charge is -1.89. The third kappa shape index (κ3) is 16.0. The molecule has 0 aliphatic rings. The van der Waals surface area contributed by atoms with Crippen molar-refractivity contribution in [2.24, 2.45) is 5.92 Å². The first kappa shape index (κ1) is 13.6. The highest BCUT2D eigenvalue weighted by molar-refractivity contribution is 6.35. The van der Waals surface area contributed by atoms with Crippen LogP contribution in [0, 0.1) is 5.92 Å². The van der Waals surface area contributed by atoms with Crippen LogP contribution in [-0.4, -0.2) is 17.9 Å². The van der Waals surface area contributed by atoms with E-state index in [-0.39, 0.29) is 11.6 Å². The van der Waals surface area contributed by atoms with Crippen LogP contribution in [0.1, 0.15) is 34.1 Å². The Labute approximate surface area is 73.1 Å². The van der Waals surface area contributed by atoms with Gasteiger partial charge < -0.3 is 4.79 Å². The van der Waals surface area contributed by atoms with Crippen LogP contribution >= 0.6 is 0 Å². The number of Topliss-reactive ketones (excluding diaryl/α,β-unsaturated/α-hetero) is 2. The van der Waals surface area contributed by atoms with E-state index in [0.29, 0.717) is 12.3 Å². The number of ketones is 2. The quantitative estimate of drug-likeness (QED) is 0.477. The van der Waals surface area contributed by atoms with E-state index in [1.165, 1.54) is 13.8 Å². The molecule has 0 unspecified atom stereocenters. The largest absolute Gasteiger partial charge is 0.303 e. The van der Waals surface area contributed by atoms with E-state index < -0.39 is 0 Å². The molecule has 0 saturated heterocycles. The molecule has 3 heteroatoms. The molecule has 0 radical (unpaired) electrons. The van der Waals surface area contributed by atoms with Crippen molar-refractivity contribution in [2.45, 2.75) is 34.1 Å². The molecule has 12 heavy (non-hydrogen) atoms. The van der Waals surface area contributed by atoms with Gasteiger partial charge in [-0.1, -0.05) is 13.8 Å². The Hall–Kier alpha value is -0.990. The van der Waals surface area contributed by atoms with Crippen LogP contribution < -0.4 is 0 Å². The number of hydrogen-bond donors (Lipinski definition) is 0. The van der Waals surface area contributed by atoms with Crippen molar-refractivity contribution >= 4 is 17.9 Å². The van der Waals surface area contributed by atoms with Crippen LogP contribution in [0.25, 0.3) is 0 Å². The fraction of sp³-hybridized carbons (Fsp3) is 0.667. The molecule has 0 aliphatic carbocycles. The summed E-state index contributed by atoms with van der Waals surface area (Å²) in [4.78, 5) is 29.2. The Morgan fingerprint density at radius 3 is 1.50 bits per heavy atom. The molecule has 70 valence electrons. The Morgan fingerprint density at radius 1 is 1.17 bits per heavy atom. The number of carbonyl (C=O) groups excluding carboxylic acids is 3. The average molecular weight is 172 g/mol. The van der Waals surface area contributed by atoms with Gasteiger partial charge in [-0.25, -0.2) is 0 Å². The topological polar surface area (TPSA) is 51.2 Å². The molecule has 0 aromatic heterocycles. The van der Waals surface area contributed by atoms with Gasteiger partial charge in [-0.3, -0.25) is 9.59 Å². The third-order valence-corrected chi connectivity index (χ3v) is 1.06. The Kier molecular flexibility index (Phi) is 9.18. The van der Waals surface area contributed by atoms with Gasteiger partial charge in [0, 0.05) is 20.3 Å². The predicted molar refractivity (Wildman–Crippen MR) is 46.9 cm³/mol. The fourth-order valence-electron chi connectivity index (χ4n) is 0.192. The van der Waals surface area contributed by atoms with Crippen molar-refractivity contribution in [1.29, 1.82) is 0 Å². The highest BCUT2D eigenvalue weighted by Gasteiger charge is 1.94. The van der Waals surface area contributed by atoms with Crippen LogP contribution in [0.4, 0.5) is 0 Å². The van der Waals surface area contributed by atoms with E-state index in [1.54, 1.807) is 0 Å². The molecule has 0 rings (SSSR count). The molecular formula is C9H16O3. The van der Waals surface area contributed by atoms with Gasteiger partial charge in [0.1, 0.15) is 6.29 Å². The lowest BCUT2D eigenvalue weighted by atomic mass is 10.2. The van der Waals surface area contributed by atoms with E-state index in [1.807, 2.05) is 13.8 Å². The van der Waals surface area contributed by atoms with E-state index in [0.717, 1.165) is 6.29 Å². The van der Waals surface area contributed by atoms with Crippen molar-refractivity contribution < 1.29 is 14.4 Å². The summed E-state index contributed by atoms with van der Waals surface area (Å²) in [6.07, 6.45) is 1.64. The first-order valence-electron chi connectivity index (χ1n) is 3.87. The van der Waals surface area contributed by atoms with Gasteiger partial charge in [-0.05, 0) is 5.92 Å². The fourth-order valence-corrected chi connectivity index (χ4v) is 0.192. The molecule has 3 nitrogen and oxygen atoms in total. The molecule has 0 bridgehead atoms. The number of carbonyl (C=O) groups is 3. The maximum Gasteiger partial charge on any atom is 0.195 e. The summed E-state index contributed by atoms with van der Waals surface area (Å²) < 4.78 is 0. The van der Waals surface area contributed by atoms with Gasteiger partial charge >= 0.3 is 0 Å². The van der Waals surface area contributed by atoms with Gasteiger partial charge in [0.15, 0.2) is 11.6 Å². The molecule has 0 amide bonds. The zero-order chi connectivity index (χ0) is 10.1. The molecule has 0 aromatic carbocycles. The summed E-state index contributed by atoms with van der Waals surface area (Å²) in [7, 11) is 0. The van der Waals surface area contributed by atoms with E-state index in [4.69, 9.17) is 0 Å². The van der Waals surface area contributed by atoms with Crippen LogP contribution in [0.3, 0.4) is 0 Å². The van der Waals surface area contributed by atoms with Gasteiger partial charge in [-0.2, -0.15) is 0 Å². The number of rotatable bonds is 3. The highest BCUT2D eigenvalue weighted by Crippen LogP contribution is 1.92. The zero-order valence-electron chi connectivity index (χ0n) is 8.09. The van der Waals surface area contributed by atoms with Gasteiger partial charge in [0.05, 0.1) is 0 Å². The minimum Gasteiger partial charge on any atom is -0.303 e. The van der Waals surface area contributed by atoms with E-state index in [2.05, 4.69) is 0 Å². The van der Waals surface area contributed by atoms with Crippen LogP contribution in [0.2, 0.25) is 0 Å². The lowest BCUT2D eigenvalue weighted by molar-refractivity contribution is -0.134. The summed E-state index contributed by atoms with van der Waals surface area (Å²) in [5.41, 5.74) is 0. The summed E-state index contributed by atoms with van der Waals surface area (Å²) in [5.74, 6) is -0.229. The van der Waals surface area contributed by atoms with Crippen molar-refractivity contribution in [2.75, 3.05) is 0 Å². The summed E-state index contributed by atoms with van der Waals surface area (Å²) in [5, 5.41) is 0. The molecule has 0 heterocycles. The Morgan fingerprint density at radius 2 is 1.50 bits per heavy atom. The predicted octanol–water partition coefficient (Wildman–Crippen LogP) is 1.40. The first-order chi connectivity index (χ1) is 5.41. The minimum absolute atomic E-state index is 0.380. The van der Waals surface area contributed by atoms with Crippen LogP contribution in [0.15, 0.2) is 0 Å². The second kappa shape index (κ2) is 8.11. The van der Waals surface area contributed by atoms with Crippen molar-refractivity contribution in [3.05, 3.63) is 0 Å². The first-order valence-corrected chi connectivity index (χ1v) is 3.87. The van der Waals surface area contributed by atoms with E-state index >= 15 is 0 Å². The second-order valence-electron chi connectivity index (χ2n) is 2.91. The van der Waals surface area contributed by atoms with E-state index in [9.17, 15) is 14.4 Å². The van der Waals surface area contributed by atoms with Crippen molar-refractivity contribution in [3.8, 4) is 0 Å². The van der Waals surface area contributed by atoms with Gasteiger partial charge in [0.2, 0.25) is 0 Å². The monoisotopic (exact) mass is 172 g/mol. The maximum atomic E-state index is 9.79. The molecule has 0 saturated carbocycles. The zero-order valence-corrected chi connectivity index (χ0v) is 8.09. The van der Waals surface area contributed by atoms with Crippen molar-refractivity contribution in [1.82, 2.24) is 0 Å². The normalized spacial score (nSPS) is 8.42. The second-order valence-corrected chi connectivity index (χ2v) is 2.91. The van der Waals surface area contributed by atoms with Gasteiger partial charge in [0.25, 0.3) is 0 Å². The van der Waals surface area contributed by atoms with Crippen molar-refractivity contribution in [3.63, 3.8) is 0 Å². The molecule has 0 spiro atoms. The van der Waals surface area contributed by atoms with Crippen LogP contribution in [-0.2, 0) is 14.4 Å². The molecule has 0 fully saturated rings. The maximum absolute atomic E-state index is 9.79.